The van der Waals surface area contributed by atoms with E-state index < -0.39 is 11.9 Å². The van der Waals surface area contributed by atoms with Crippen molar-refractivity contribution in [2.75, 3.05) is 0 Å². The standard InChI is InChI=1S/C24H16O4/c25-23(18-10-3-1-4-11-18)27-21-16-15-17-9-7-8-14-20(17)22(21)28-24(26)19-12-5-2-6-13-19/h1-16H. The molecule has 0 aromatic heterocycles. The largest absolute Gasteiger partial charge is 0.419 e. The minimum absolute atomic E-state index is 0.192. The topological polar surface area (TPSA) is 52.6 Å². The van der Waals surface area contributed by atoms with Crippen LogP contribution < -0.4 is 9.47 Å². The second-order valence-electron chi connectivity index (χ2n) is 6.13. The number of esters is 2. The van der Waals surface area contributed by atoms with Crippen LogP contribution in [0.15, 0.2) is 97.1 Å². The van der Waals surface area contributed by atoms with Crippen LogP contribution in [0.2, 0.25) is 0 Å². The maximum Gasteiger partial charge on any atom is 0.343 e. The third kappa shape index (κ3) is 3.62. The van der Waals surface area contributed by atoms with E-state index in [1.54, 1.807) is 54.6 Å². The van der Waals surface area contributed by atoms with E-state index in [1.807, 2.05) is 42.5 Å². The lowest BCUT2D eigenvalue weighted by Gasteiger charge is -2.13. The Hall–Kier alpha value is -3.92. The van der Waals surface area contributed by atoms with Crippen LogP contribution in [0.25, 0.3) is 10.8 Å². The molecule has 28 heavy (non-hydrogen) atoms. The summed E-state index contributed by atoms with van der Waals surface area (Å²) in [4.78, 5) is 25.1. The summed E-state index contributed by atoms with van der Waals surface area (Å²) in [5, 5.41) is 1.56. The summed E-state index contributed by atoms with van der Waals surface area (Å²) in [6.45, 7) is 0. The second kappa shape index (κ2) is 7.76. The number of carbonyl (C=O) groups excluding carboxylic acids is 2. The molecule has 0 atom stereocenters. The highest BCUT2D eigenvalue weighted by atomic mass is 16.6. The van der Waals surface area contributed by atoms with Gasteiger partial charge in [-0.2, -0.15) is 0 Å². The van der Waals surface area contributed by atoms with Gasteiger partial charge in [0.25, 0.3) is 0 Å². The van der Waals surface area contributed by atoms with Crippen LogP contribution in [0.4, 0.5) is 0 Å². The van der Waals surface area contributed by atoms with Crippen LogP contribution in [0.5, 0.6) is 11.5 Å². The van der Waals surface area contributed by atoms with E-state index in [9.17, 15) is 9.59 Å². The molecule has 0 aliphatic rings. The number of fused-ring (bicyclic) bond motifs is 1. The normalized spacial score (nSPS) is 10.4. The Kier molecular flexibility index (Phi) is 4.85. The third-order valence-corrected chi connectivity index (χ3v) is 4.26. The first-order valence-electron chi connectivity index (χ1n) is 8.78. The number of hydrogen-bond acceptors (Lipinski definition) is 4. The zero-order valence-corrected chi connectivity index (χ0v) is 14.9. The number of ether oxygens (including phenoxy) is 2. The molecule has 0 aliphatic heterocycles. The van der Waals surface area contributed by atoms with Gasteiger partial charge < -0.3 is 9.47 Å². The molecule has 4 aromatic carbocycles. The maximum atomic E-state index is 12.6. The van der Waals surface area contributed by atoms with E-state index in [1.165, 1.54) is 0 Å². The summed E-state index contributed by atoms with van der Waals surface area (Å²) in [5.74, 6) is -0.630. The summed E-state index contributed by atoms with van der Waals surface area (Å²) in [7, 11) is 0. The Balaban J connectivity index is 1.73. The van der Waals surface area contributed by atoms with Gasteiger partial charge in [-0.15, -0.1) is 0 Å². The van der Waals surface area contributed by atoms with E-state index in [0.29, 0.717) is 16.5 Å². The van der Waals surface area contributed by atoms with Gasteiger partial charge in [-0.3, -0.25) is 0 Å². The smallest absolute Gasteiger partial charge is 0.343 e. The molecule has 0 heterocycles. The molecule has 0 fully saturated rings. The van der Waals surface area contributed by atoms with Crippen LogP contribution in [-0.4, -0.2) is 11.9 Å². The summed E-state index contributed by atoms with van der Waals surface area (Å²) >= 11 is 0. The monoisotopic (exact) mass is 368 g/mol. The molecule has 0 N–H and O–H groups in total. The minimum atomic E-state index is -0.520. The SMILES string of the molecule is O=C(Oc1ccc2ccccc2c1OC(=O)c1ccccc1)c1ccccc1. The Morgan fingerprint density at radius 1 is 0.536 bits per heavy atom. The molecule has 0 radical (unpaired) electrons. The predicted octanol–water partition coefficient (Wildman–Crippen LogP) is 5.28. The molecule has 0 bridgehead atoms. The number of carbonyl (C=O) groups is 2. The van der Waals surface area contributed by atoms with Gasteiger partial charge in [-0.05, 0) is 35.7 Å². The van der Waals surface area contributed by atoms with Crippen LogP contribution in [0.3, 0.4) is 0 Å². The predicted molar refractivity (Wildman–Crippen MR) is 107 cm³/mol. The van der Waals surface area contributed by atoms with Crippen LogP contribution in [0, 0.1) is 0 Å². The number of rotatable bonds is 4. The fourth-order valence-electron chi connectivity index (χ4n) is 2.87. The lowest BCUT2D eigenvalue weighted by Crippen LogP contribution is -2.12. The fourth-order valence-corrected chi connectivity index (χ4v) is 2.87. The van der Waals surface area contributed by atoms with Gasteiger partial charge >= 0.3 is 11.9 Å². The summed E-state index contributed by atoms with van der Waals surface area (Å²) in [6.07, 6.45) is 0. The van der Waals surface area contributed by atoms with E-state index in [4.69, 9.17) is 9.47 Å². The summed E-state index contributed by atoms with van der Waals surface area (Å²) < 4.78 is 11.2. The van der Waals surface area contributed by atoms with Gasteiger partial charge in [0, 0.05) is 5.39 Å². The second-order valence-corrected chi connectivity index (χ2v) is 6.13. The fraction of sp³-hybridized carbons (Fsp3) is 0. The first kappa shape index (κ1) is 17.5. The average Bonchev–Trinajstić information content (AvgIpc) is 2.76. The number of benzene rings is 4. The zero-order chi connectivity index (χ0) is 19.3. The van der Waals surface area contributed by atoms with E-state index >= 15 is 0 Å². The Morgan fingerprint density at radius 2 is 1.07 bits per heavy atom. The summed E-state index contributed by atoms with van der Waals surface area (Å²) in [6, 6.07) is 28.3. The maximum absolute atomic E-state index is 12.6. The molecular formula is C24H16O4. The molecule has 0 unspecified atom stereocenters. The molecule has 0 aliphatic carbocycles. The van der Waals surface area contributed by atoms with E-state index in [2.05, 4.69) is 0 Å². The van der Waals surface area contributed by atoms with Crippen molar-refractivity contribution >= 4 is 22.7 Å². The van der Waals surface area contributed by atoms with Crippen LogP contribution in [0.1, 0.15) is 20.7 Å². The Labute approximate surface area is 162 Å². The van der Waals surface area contributed by atoms with Crippen molar-refractivity contribution in [1.82, 2.24) is 0 Å². The van der Waals surface area contributed by atoms with Gasteiger partial charge in [0.15, 0.2) is 11.5 Å². The molecular weight excluding hydrogens is 352 g/mol. The van der Waals surface area contributed by atoms with Crippen molar-refractivity contribution in [3.63, 3.8) is 0 Å². The molecule has 4 heteroatoms. The van der Waals surface area contributed by atoms with Crippen molar-refractivity contribution in [3.05, 3.63) is 108 Å². The van der Waals surface area contributed by atoms with Crippen molar-refractivity contribution in [1.29, 1.82) is 0 Å². The van der Waals surface area contributed by atoms with Gasteiger partial charge in [-0.1, -0.05) is 66.7 Å². The molecule has 0 saturated carbocycles. The summed E-state index contributed by atoms with van der Waals surface area (Å²) in [5.41, 5.74) is 0.826. The van der Waals surface area contributed by atoms with Crippen LogP contribution in [-0.2, 0) is 0 Å². The van der Waals surface area contributed by atoms with Crippen molar-refractivity contribution in [2.45, 2.75) is 0 Å². The molecule has 0 spiro atoms. The van der Waals surface area contributed by atoms with Crippen molar-refractivity contribution in [3.8, 4) is 11.5 Å². The van der Waals surface area contributed by atoms with Gasteiger partial charge in [0.05, 0.1) is 11.1 Å². The third-order valence-electron chi connectivity index (χ3n) is 4.26. The van der Waals surface area contributed by atoms with E-state index in [-0.39, 0.29) is 11.5 Å². The van der Waals surface area contributed by atoms with Crippen molar-refractivity contribution in [2.24, 2.45) is 0 Å². The Bertz CT molecular complexity index is 1140. The zero-order valence-electron chi connectivity index (χ0n) is 14.9. The molecule has 4 nitrogen and oxygen atoms in total. The Morgan fingerprint density at radius 3 is 1.71 bits per heavy atom. The highest BCUT2D eigenvalue weighted by Crippen LogP contribution is 2.36. The highest BCUT2D eigenvalue weighted by Gasteiger charge is 2.18. The molecule has 4 rings (SSSR count). The highest BCUT2D eigenvalue weighted by molar-refractivity contribution is 5.98. The van der Waals surface area contributed by atoms with Gasteiger partial charge in [0.1, 0.15) is 0 Å². The van der Waals surface area contributed by atoms with Crippen molar-refractivity contribution < 1.29 is 19.1 Å². The molecule has 136 valence electrons. The van der Waals surface area contributed by atoms with Gasteiger partial charge in [-0.25, -0.2) is 9.59 Å². The lowest BCUT2D eigenvalue weighted by atomic mass is 10.1. The number of hydrogen-bond donors (Lipinski definition) is 0. The average molecular weight is 368 g/mol. The molecule has 4 aromatic rings. The molecule has 0 amide bonds. The minimum Gasteiger partial charge on any atom is -0.419 e. The lowest BCUT2D eigenvalue weighted by molar-refractivity contribution is 0.0684. The first-order chi connectivity index (χ1) is 13.7. The van der Waals surface area contributed by atoms with Gasteiger partial charge in [0.2, 0.25) is 0 Å². The van der Waals surface area contributed by atoms with E-state index in [0.717, 1.165) is 5.39 Å². The van der Waals surface area contributed by atoms with Crippen LogP contribution >= 0.6 is 0 Å². The quantitative estimate of drug-likeness (QED) is 0.363. The molecule has 0 saturated heterocycles. The first-order valence-corrected chi connectivity index (χ1v) is 8.78.